The zero-order valence-electron chi connectivity index (χ0n) is 14.2. The van der Waals surface area contributed by atoms with Crippen LogP contribution in [0, 0.1) is 0 Å². The normalized spacial score (nSPS) is 15.5. The van der Waals surface area contributed by atoms with Crippen molar-refractivity contribution >= 4 is 35.5 Å². The minimum Gasteiger partial charge on any atom is -0.480 e. The number of nitrogens with one attached hydrogen (secondary N) is 2. The number of carbonyl (C=O) groups is 4. The van der Waals surface area contributed by atoms with E-state index in [4.69, 9.17) is 16.6 Å². The third-order valence-electron chi connectivity index (χ3n) is 3.36. The summed E-state index contributed by atoms with van der Waals surface area (Å²) in [6.45, 7) is 1.34. The summed E-state index contributed by atoms with van der Waals surface area (Å²) in [6, 6.07) is -3.53. The molecule has 4 atom stereocenters. The van der Waals surface area contributed by atoms with Gasteiger partial charge in [-0.3, -0.25) is 14.4 Å². The largest absolute Gasteiger partial charge is 0.480 e. The van der Waals surface area contributed by atoms with Crippen LogP contribution in [0.4, 0.5) is 0 Å². The van der Waals surface area contributed by atoms with Crippen molar-refractivity contribution < 1.29 is 29.4 Å². The van der Waals surface area contributed by atoms with Gasteiger partial charge in [0.05, 0.1) is 6.10 Å². The van der Waals surface area contributed by atoms with Crippen molar-refractivity contribution in [3.63, 3.8) is 0 Å². The Morgan fingerprint density at radius 3 is 2.08 bits per heavy atom. The van der Waals surface area contributed by atoms with Gasteiger partial charge in [0, 0.05) is 6.42 Å². The molecular weight excluding hydrogens is 352 g/mol. The van der Waals surface area contributed by atoms with Crippen molar-refractivity contribution in [2.75, 3.05) is 12.0 Å². The van der Waals surface area contributed by atoms with E-state index >= 15 is 0 Å². The minimum absolute atomic E-state index is 0.160. The number of primary amides is 1. The van der Waals surface area contributed by atoms with Crippen LogP contribution in [0.15, 0.2) is 0 Å². The lowest BCUT2D eigenvalue weighted by atomic mass is 10.1. The molecule has 0 saturated heterocycles. The predicted octanol–water partition coefficient (Wildman–Crippen LogP) is -2.23. The summed E-state index contributed by atoms with van der Waals surface area (Å²) in [4.78, 5) is 46.2. The van der Waals surface area contributed by atoms with Crippen LogP contribution in [0.25, 0.3) is 0 Å². The summed E-state index contributed by atoms with van der Waals surface area (Å²) < 4.78 is 0. The van der Waals surface area contributed by atoms with Crippen molar-refractivity contribution in [1.29, 1.82) is 0 Å². The lowest BCUT2D eigenvalue weighted by Gasteiger charge is -2.23. The summed E-state index contributed by atoms with van der Waals surface area (Å²) in [7, 11) is 0. The first-order chi connectivity index (χ1) is 11.6. The Balaban J connectivity index is 4.98. The second-order valence-electron chi connectivity index (χ2n) is 5.51. The number of rotatable bonds is 12. The molecule has 0 aromatic carbocycles. The maximum absolute atomic E-state index is 12.3. The van der Waals surface area contributed by atoms with Crippen LogP contribution < -0.4 is 22.1 Å². The molecule has 0 aliphatic rings. The number of thioether (sulfide) groups is 1. The van der Waals surface area contributed by atoms with E-state index in [9.17, 15) is 24.3 Å². The Kier molecular flexibility index (Phi) is 10.8. The smallest absolute Gasteiger partial charge is 0.326 e. The summed E-state index contributed by atoms with van der Waals surface area (Å²) in [5, 5.41) is 23.2. The maximum Gasteiger partial charge on any atom is 0.326 e. The predicted molar refractivity (Wildman–Crippen MR) is 92.6 cm³/mol. The molecule has 0 radical (unpaired) electrons. The lowest BCUT2D eigenvalue weighted by molar-refractivity contribution is -0.142. The molecule has 0 rings (SSSR count). The van der Waals surface area contributed by atoms with Gasteiger partial charge in [-0.2, -0.15) is 11.8 Å². The van der Waals surface area contributed by atoms with E-state index < -0.39 is 47.9 Å². The van der Waals surface area contributed by atoms with Crippen molar-refractivity contribution in [2.45, 2.75) is 50.4 Å². The fraction of sp³-hybridized carbons (Fsp3) is 0.714. The van der Waals surface area contributed by atoms with Gasteiger partial charge in [-0.1, -0.05) is 0 Å². The Labute approximate surface area is 150 Å². The molecule has 4 unspecified atom stereocenters. The van der Waals surface area contributed by atoms with Gasteiger partial charge in [0.25, 0.3) is 0 Å². The van der Waals surface area contributed by atoms with E-state index in [1.54, 1.807) is 0 Å². The first kappa shape index (κ1) is 23.1. The average Bonchev–Trinajstić information content (AvgIpc) is 2.53. The van der Waals surface area contributed by atoms with E-state index in [-0.39, 0.29) is 19.3 Å². The van der Waals surface area contributed by atoms with Crippen molar-refractivity contribution in [1.82, 2.24) is 10.6 Å². The highest BCUT2D eigenvalue weighted by atomic mass is 32.2. The molecule has 0 fully saturated rings. The quantitative estimate of drug-likeness (QED) is 0.220. The molecule has 0 aromatic rings. The highest BCUT2D eigenvalue weighted by Gasteiger charge is 2.28. The summed E-state index contributed by atoms with van der Waals surface area (Å²) in [5.74, 6) is -2.90. The molecule has 144 valence electrons. The van der Waals surface area contributed by atoms with E-state index in [0.717, 1.165) is 0 Å². The van der Waals surface area contributed by atoms with Crippen LogP contribution in [0.1, 0.15) is 26.2 Å². The number of hydrogen-bond donors (Lipinski definition) is 6. The summed E-state index contributed by atoms with van der Waals surface area (Å²) in [5.41, 5.74) is 10.5. The number of aliphatic hydroxyl groups excluding tert-OH is 1. The fourth-order valence-electron chi connectivity index (χ4n) is 1.81. The topological polar surface area (TPSA) is 185 Å². The molecular formula is C14H26N4O6S. The van der Waals surface area contributed by atoms with Gasteiger partial charge >= 0.3 is 5.97 Å². The SMILES string of the molecule is CSCCC(NC(=O)C(N)C(C)O)C(=O)NC(CCC(N)=O)C(=O)O. The van der Waals surface area contributed by atoms with Crippen LogP contribution in [-0.2, 0) is 19.2 Å². The first-order valence-electron chi connectivity index (χ1n) is 7.64. The van der Waals surface area contributed by atoms with Gasteiger partial charge in [-0.25, -0.2) is 4.79 Å². The fourth-order valence-corrected chi connectivity index (χ4v) is 2.28. The van der Waals surface area contributed by atoms with Gasteiger partial charge in [0.15, 0.2) is 0 Å². The lowest BCUT2D eigenvalue weighted by Crippen LogP contribution is -2.56. The molecule has 10 nitrogen and oxygen atoms in total. The molecule has 0 heterocycles. The Bertz CT molecular complexity index is 488. The second-order valence-corrected chi connectivity index (χ2v) is 6.50. The van der Waals surface area contributed by atoms with Crippen LogP contribution in [-0.4, -0.2) is 70.1 Å². The zero-order chi connectivity index (χ0) is 19.6. The number of carbonyl (C=O) groups excluding carboxylic acids is 3. The number of aliphatic carboxylic acids is 1. The molecule has 11 heteroatoms. The van der Waals surface area contributed by atoms with Crippen LogP contribution in [0.2, 0.25) is 0 Å². The third-order valence-corrected chi connectivity index (χ3v) is 4.00. The molecule has 0 bridgehead atoms. The Hall–Kier alpha value is -1.85. The van der Waals surface area contributed by atoms with Crippen molar-refractivity contribution in [3.8, 4) is 0 Å². The molecule has 25 heavy (non-hydrogen) atoms. The molecule has 0 spiro atoms. The molecule has 0 aromatic heterocycles. The minimum atomic E-state index is -1.31. The monoisotopic (exact) mass is 378 g/mol. The highest BCUT2D eigenvalue weighted by Crippen LogP contribution is 2.05. The summed E-state index contributed by atoms with van der Waals surface area (Å²) >= 11 is 1.44. The van der Waals surface area contributed by atoms with Crippen LogP contribution in [0.3, 0.4) is 0 Å². The van der Waals surface area contributed by atoms with Crippen molar-refractivity contribution in [2.24, 2.45) is 11.5 Å². The van der Waals surface area contributed by atoms with E-state index in [1.807, 2.05) is 6.26 Å². The summed E-state index contributed by atoms with van der Waals surface area (Å²) in [6.07, 6.45) is 0.587. The number of nitrogens with two attached hydrogens (primary N) is 2. The Morgan fingerprint density at radius 1 is 1.08 bits per heavy atom. The Morgan fingerprint density at radius 2 is 1.64 bits per heavy atom. The highest BCUT2D eigenvalue weighted by molar-refractivity contribution is 7.98. The number of carboxylic acids is 1. The van der Waals surface area contributed by atoms with Gasteiger partial charge in [0.1, 0.15) is 18.1 Å². The maximum atomic E-state index is 12.3. The standard InChI is InChI=1S/C14H26N4O6S/c1-7(19)11(16)13(22)17-8(5-6-25-2)12(21)18-9(14(23)24)3-4-10(15)20/h7-9,11,19H,3-6,16H2,1-2H3,(H2,15,20)(H,17,22)(H,18,21)(H,23,24). The molecule has 0 saturated carbocycles. The molecule has 8 N–H and O–H groups in total. The number of amides is 3. The van der Waals surface area contributed by atoms with Crippen LogP contribution in [0.5, 0.6) is 0 Å². The van der Waals surface area contributed by atoms with E-state index in [2.05, 4.69) is 10.6 Å². The van der Waals surface area contributed by atoms with Crippen molar-refractivity contribution in [3.05, 3.63) is 0 Å². The van der Waals surface area contributed by atoms with Gasteiger partial charge in [0.2, 0.25) is 17.7 Å². The second kappa shape index (κ2) is 11.7. The van der Waals surface area contributed by atoms with E-state index in [0.29, 0.717) is 5.75 Å². The molecule has 3 amide bonds. The van der Waals surface area contributed by atoms with Crippen LogP contribution >= 0.6 is 11.8 Å². The first-order valence-corrected chi connectivity index (χ1v) is 9.04. The number of aliphatic hydroxyl groups is 1. The van der Waals surface area contributed by atoms with Gasteiger partial charge in [-0.15, -0.1) is 0 Å². The zero-order valence-corrected chi connectivity index (χ0v) is 15.0. The number of carboxylic acid groups (broad SMARTS) is 1. The average molecular weight is 378 g/mol. The third kappa shape index (κ3) is 9.27. The number of hydrogen-bond acceptors (Lipinski definition) is 7. The molecule has 0 aliphatic carbocycles. The van der Waals surface area contributed by atoms with Gasteiger partial charge in [-0.05, 0) is 31.8 Å². The molecule has 0 aliphatic heterocycles. The van der Waals surface area contributed by atoms with Gasteiger partial charge < -0.3 is 32.3 Å². The van der Waals surface area contributed by atoms with E-state index in [1.165, 1.54) is 18.7 Å².